The van der Waals surface area contributed by atoms with Gasteiger partial charge in [0.15, 0.2) is 0 Å². The van der Waals surface area contributed by atoms with E-state index in [1.807, 2.05) is 0 Å². The van der Waals surface area contributed by atoms with E-state index < -0.39 is 0 Å². The van der Waals surface area contributed by atoms with Gasteiger partial charge in [-0.1, -0.05) is 198 Å². The number of aromatic nitrogens is 2. The van der Waals surface area contributed by atoms with Crippen molar-refractivity contribution in [2.45, 2.75) is 152 Å². The molecule has 0 N–H and O–H groups in total. The summed E-state index contributed by atoms with van der Waals surface area (Å²) in [7, 11) is 0. The van der Waals surface area contributed by atoms with Crippen LogP contribution in [0.4, 0.5) is 0 Å². The lowest BCUT2D eigenvalue weighted by Gasteiger charge is -2.23. The van der Waals surface area contributed by atoms with Gasteiger partial charge < -0.3 is 0 Å². The molecule has 1 heterocycles. The van der Waals surface area contributed by atoms with E-state index in [1.54, 1.807) is 0 Å². The average Bonchev–Trinajstić information content (AvgIpc) is 3.35. The minimum atomic E-state index is 0.623. The van der Waals surface area contributed by atoms with E-state index in [-0.39, 0.29) is 0 Å². The van der Waals surface area contributed by atoms with E-state index in [9.17, 15) is 0 Å². The van der Waals surface area contributed by atoms with E-state index >= 15 is 0 Å². The lowest BCUT2D eigenvalue weighted by atomic mass is 9.82. The highest BCUT2D eigenvalue weighted by atomic mass is 14.8. The maximum absolute atomic E-state index is 5.60. The zero-order valence-electron chi connectivity index (χ0n) is 37.2. The van der Waals surface area contributed by atoms with Crippen LogP contribution in [0.5, 0.6) is 0 Å². The third-order valence-electron chi connectivity index (χ3n) is 14.9. The zero-order chi connectivity index (χ0) is 41.8. The zero-order valence-corrected chi connectivity index (χ0v) is 37.2. The second kappa shape index (κ2) is 21.3. The first-order valence-corrected chi connectivity index (χ1v) is 24.8. The molecular formula is C60H68N2. The van der Waals surface area contributed by atoms with Crippen LogP contribution in [0.3, 0.4) is 0 Å². The van der Waals surface area contributed by atoms with Gasteiger partial charge in [-0.3, -0.25) is 0 Å². The molecular weight excluding hydrogens is 749 g/mol. The Morgan fingerprint density at radius 3 is 0.694 bits per heavy atom. The van der Waals surface area contributed by atoms with Gasteiger partial charge in [0.2, 0.25) is 0 Å². The Kier molecular flexibility index (Phi) is 14.5. The van der Waals surface area contributed by atoms with Gasteiger partial charge in [-0.2, -0.15) is 0 Å². The third kappa shape index (κ3) is 10.6. The molecule has 0 radical (unpaired) electrons. The highest BCUT2D eigenvalue weighted by Crippen LogP contribution is 2.39. The van der Waals surface area contributed by atoms with Crippen molar-refractivity contribution >= 4 is 48.6 Å². The molecule has 1 aromatic heterocycles. The topological polar surface area (TPSA) is 25.8 Å². The van der Waals surface area contributed by atoms with Crippen molar-refractivity contribution in [2.75, 3.05) is 0 Å². The van der Waals surface area contributed by atoms with Crippen molar-refractivity contribution in [1.82, 2.24) is 9.97 Å². The van der Waals surface area contributed by atoms with Crippen molar-refractivity contribution in [3.05, 3.63) is 164 Å². The predicted molar refractivity (Wildman–Crippen MR) is 267 cm³/mol. The van der Waals surface area contributed by atoms with Gasteiger partial charge in [-0.25, -0.2) is 9.97 Å². The largest absolute Gasteiger partial charge is 0.245 e. The average molecular weight is 817 g/mol. The molecule has 62 heavy (non-hydrogen) atoms. The Bertz CT molecular complexity index is 2020. The number of rotatable bonds is 12. The maximum Gasteiger partial charge on any atom is 0.0894 e. The van der Waals surface area contributed by atoms with Crippen LogP contribution < -0.4 is 0 Å². The molecule has 4 saturated carbocycles. The summed E-state index contributed by atoms with van der Waals surface area (Å²) in [6.45, 7) is 0. The lowest BCUT2D eigenvalue weighted by molar-refractivity contribution is 0.443. The van der Waals surface area contributed by atoms with Crippen molar-refractivity contribution in [3.8, 4) is 0 Å². The van der Waals surface area contributed by atoms with E-state index in [0.717, 1.165) is 22.8 Å². The molecule has 0 aliphatic heterocycles. The molecule has 0 atom stereocenters. The van der Waals surface area contributed by atoms with Crippen LogP contribution in [-0.4, -0.2) is 9.97 Å². The fraction of sp³-hybridized carbons (Fsp3) is 0.400. The molecule has 0 unspecified atom stereocenters. The summed E-state index contributed by atoms with van der Waals surface area (Å²) in [5, 5.41) is 0. The van der Waals surface area contributed by atoms with Crippen LogP contribution in [-0.2, 0) is 0 Å². The normalized spacial score (nSPS) is 19.1. The first kappa shape index (κ1) is 42.2. The first-order chi connectivity index (χ1) is 30.8. The number of hydrogen-bond acceptors (Lipinski definition) is 2. The SMILES string of the molecule is C(=Cc1nc(C=Cc2ccccc2C2CCCCC2)c(C=Cc2ccccc2C2CCCCC2)nc1C=Cc1ccccc1C1CCCCC1)c1ccccc1C1CCCCC1. The van der Waals surface area contributed by atoms with Crippen LogP contribution in [0, 0.1) is 0 Å². The monoisotopic (exact) mass is 817 g/mol. The number of hydrogen-bond donors (Lipinski definition) is 0. The van der Waals surface area contributed by atoms with Crippen molar-refractivity contribution in [2.24, 2.45) is 0 Å². The molecule has 318 valence electrons. The van der Waals surface area contributed by atoms with Crippen LogP contribution in [0.1, 0.15) is 219 Å². The van der Waals surface area contributed by atoms with Crippen LogP contribution in [0.2, 0.25) is 0 Å². The smallest absolute Gasteiger partial charge is 0.0894 e. The number of benzene rings is 4. The van der Waals surface area contributed by atoms with Crippen LogP contribution in [0.25, 0.3) is 48.6 Å². The Labute approximate surface area is 373 Å². The van der Waals surface area contributed by atoms with Crippen molar-refractivity contribution in [1.29, 1.82) is 0 Å². The molecule has 0 spiro atoms. The summed E-state index contributed by atoms with van der Waals surface area (Å²) in [6, 6.07) is 36.3. The summed E-state index contributed by atoms with van der Waals surface area (Å²) in [4.78, 5) is 11.2. The number of nitrogens with zero attached hydrogens (tertiary/aromatic N) is 2. The minimum absolute atomic E-state index is 0.623. The molecule has 0 amide bonds. The van der Waals surface area contributed by atoms with Crippen LogP contribution >= 0.6 is 0 Å². The summed E-state index contributed by atoms with van der Waals surface area (Å²) >= 11 is 0. The molecule has 0 saturated heterocycles. The van der Waals surface area contributed by atoms with E-state index in [0.29, 0.717) is 23.7 Å². The van der Waals surface area contributed by atoms with Gasteiger partial charge in [0.25, 0.3) is 0 Å². The third-order valence-corrected chi connectivity index (χ3v) is 14.9. The molecule has 2 nitrogen and oxygen atoms in total. The van der Waals surface area contributed by atoms with Gasteiger partial charge >= 0.3 is 0 Å². The highest BCUT2D eigenvalue weighted by molar-refractivity contribution is 5.82. The molecule has 4 fully saturated rings. The van der Waals surface area contributed by atoms with Crippen molar-refractivity contribution in [3.63, 3.8) is 0 Å². The maximum atomic E-state index is 5.60. The quantitative estimate of drug-likeness (QED) is 0.125. The molecule has 2 heteroatoms. The predicted octanol–water partition coefficient (Wildman–Crippen LogP) is 17.3. The molecule has 4 aromatic carbocycles. The molecule has 5 aromatic rings. The summed E-state index contributed by atoms with van der Waals surface area (Å²) in [6.07, 6.45) is 44.6. The Morgan fingerprint density at radius 1 is 0.258 bits per heavy atom. The van der Waals surface area contributed by atoms with Gasteiger partial charge in [0.05, 0.1) is 22.8 Å². The van der Waals surface area contributed by atoms with Crippen LogP contribution in [0.15, 0.2) is 97.1 Å². The Hall–Kier alpha value is -5.08. The second-order valence-corrected chi connectivity index (χ2v) is 19.0. The van der Waals surface area contributed by atoms with Gasteiger partial charge in [-0.05, 0) is 144 Å². The van der Waals surface area contributed by atoms with E-state index in [2.05, 4.69) is 146 Å². The standard InChI is InChI=1S/C60H68N2/c1-5-21-45(22-6-1)53-33-17-13-29-49(53)37-41-57-58(42-38-50-30-14-18-34-54(50)46-23-7-2-8-24-46)62-60(44-40-52-32-16-20-36-56(52)48-27-11-4-12-28-48)59(61-57)43-39-51-31-15-19-35-55(51)47-25-9-3-10-26-47/h13-20,29-48H,1-12,21-28H2. The van der Waals surface area contributed by atoms with Gasteiger partial charge in [0.1, 0.15) is 0 Å². The fourth-order valence-corrected chi connectivity index (χ4v) is 11.4. The highest BCUT2D eigenvalue weighted by Gasteiger charge is 2.21. The lowest BCUT2D eigenvalue weighted by Crippen LogP contribution is -2.06. The summed E-state index contributed by atoms with van der Waals surface area (Å²) in [5.74, 6) is 2.49. The van der Waals surface area contributed by atoms with E-state index in [4.69, 9.17) is 9.97 Å². The summed E-state index contributed by atoms with van der Waals surface area (Å²) in [5.41, 5.74) is 14.8. The molecule has 0 bridgehead atoms. The van der Waals surface area contributed by atoms with Crippen molar-refractivity contribution < 1.29 is 0 Å². The molecule has 4 aliphatic carbocycles. The fourth-order valence-electron chi connectivity index (χ4n) is 11.4. The Morgan fingerprint density at radius 2 is 0.468 bits per heavy atom. The van der Waals surface area contributed by atoms with Gasteiger partial charge in [0, 0.05) is 0 Å². The Balaban J connectivity index is 1.16. The van der Waals surface area contributed by atoms with E-state index in [1.165, 1.54) is 173 Å². The molecule has 9 rings (SSSR count). The minimum Gasteiger partial charge on any atom is -0.245 e. The summed E-state index contributed by atoms with van der Waals surface area (Å²) < 4.78 is 0. The second-order valence-electron chi connectivity index (χ2n) is 19.0. The molecule has 4 aliphatic rings. The van der Waals surface area contributed by atoms with Gasteiger partial charge in [-0.15, -0.1) is 0 Å². The first-order valence-electron chi connectivity index (χ1n) is 24.8.